The molecule has 0 aliphatic carbocycles. The quantitative estimate of drug-likeness (QED) is 0.268. The van der Waals surface area contributed by atoms with E-state index in [-0.39, 0.29) is 6.42 Å². The number of carbonyl (C=O) groups is 1. The molecule has 0 bridgehead atoms. The van der Waals surface area contributed by atoms with Crippen molar-refractivity contribution in [3.63, 3.8) is 0 Å². The molecule has 0 saturated carbocycles. The average Bonchev–Trinajstić information content (AvgIpc) is 2.43. The fraction of sp³-hybridized carbons (Fsp3) is 0.611. The zero-order chi connectivity index (χ0) is 14.9. The standard InChI is InChI=1S/C18H30O2/c1-2-3-4-5-6-7-8-9-10-11-12-13-14-15-16-17-18(19)20/h7-10,15-16H,2-6,11-14,17H2,1H3,(H,19,20)/b8-7+,10-9+,16-15+. The minimum atomic E-state index is -0.759. The van der Waals surface area contributed by atoms with E-state index in [1.165, 1.54) is 32.1 Å². The Bertz CT molecular complexity index is 301. The first-order chi connectivity index (χ1) is 9.77. The summed E-state index contributed by atoms with van der Waals surface area (Å²) in [4.78, 5) is 10.3. The second kappa shape index (κ2) is 15.7. The Hall–Kier alpha value is -1.31. The van der Waals surface area contributed by atoms with E-state index in [2.05, 4.69) is 31.2 Å². The maximum absolute atomic E-state index is 10.3. The number of rotatable bonds is 13. The van der Waals surface area contributed by atoms with Crippen LogP contribution < -0.4 is 0 Å². The Morgan fingerprint density at radius 1 is 0.800 bits per heavy atom. The molecule has 0 aliphatic rings. The highest BCUT2D eigenvalue weighted by molar-refractivity contribution is 5.68. The van der Waals surface area contributed by atoms with Gasteiger partial charge in [0.15, 0.2) is 0 Å². The zero-order valence-corrected chi connectivity index (χ0v) is 12.9. The van der Waals surface area contributed by atoms with E-state index in [0.29, 0.717) is 0 Å². The molecule has 1 N–H and O–H groups in total. The van der Waals surface area contributed by atoms with Crippen molar-refractivity contribution in [2.24, 2.45) is 0 Å². The molecule has 0 aliphatic heterocycles. The van der Waals surface area contributed by atoms with Crippen LogP contribution >= 0.6 is 0 Å². The van der Waals surface area contributed by atoms with Crippen molar-refractivity contribution in [3.8, 4) is 0 Å². The summed E-state index contributed by atoms with van der Waals surface area (Å²) >= 11 is 0. The van der Waals surface area contributed by atoms with Crippen LogP contribution in [0.15, 0.2) is 36.5 Å². The Balaban J connectivity index is 3.29. The van der Waals surface area contributed by atoms with Gasteiger partial charge in [-0.25, -0.2) is 0 Å². The lowest BCUT2D eigenvalue weighted by Gasteiger charge is -1.93. The van der Waals surface area contributed by atoms with Crippen LogP contribution in [0.4, 0.5) is 0 Å². The molecular weight excluding hydrogens is 248 g/mol. The summed E-state index contributed by atoms with van der Waals surface area (Å²) in [6, 6.07) is 0. The van der Waals surface area contributed by atoms with Gasteiger partial charge in [0.1, 0.15) is 0 Å². The first-order valence-electron chi connectivity index (χ1n) is 7.95. The molecule has 20 heavy (non-hydrogen) atoms. The molecule has 0 aromatic rings. The highest BCUT2D eigenvalue weighted by Crippen LogP contribution is 2.04. The van der Waals surface area contributed by atoms with Crippen LogP contribution in [0.5, 0.6) is 0 Å². The molecular formula is C18H30O2. The number of aliphatic carboxylic acids is 1. The summed E-state index contributed by atoms with van der Waals surface area (Å²) in [5, 5.41) is 8.45. The van der Waals surface area contributed by atoms with Crippen LogP contribution in [0, 0.1) is 0 Å². The van der Waals surface area contributed by atoms with E-state index >= 15 is 0 Å². The van der Waals surface area contributed by atoms with Crippen molar-refractivity contribution in [3.05, 3.63) is 36.5 Å². The second-order valence-corrected chi connectivity index (χ2v) is 5.06. The van der Waals surface area contributed by atoms with Crippen LogP contribution in [-0.4, -0.2) is 11.1 Å². The monoisotopic (exact) mass is 278 g/mol. The van der Waals surface area contributed by atoms with E-state index in [0.717, 1.165) is 25.7 Å². The van der Waals surface area contributed by atoms with Gasteiger partial charge in [-0.2, -0.15) is 0 Å². The van der Waals surface area contributed by atoms with Gasteiger partial charge in [-0.05, 0) is 38.5 Å². The fourth-order valence-corrected chi connectivity index (χ4v) is 1.86. The SMILES string of the molecule is CCCCCC/C=C/C=C/CCCC/C=C/CC(=O)O. The van der Waals surface area contributed by atoms with Gasteiger partial charge in [-0.1, -0.05) is 62.6 Å². The Kier molecular flexibility index (Phi) is 14.7. The van der Waals surface area contributed by atoms with Gasteiger partial charge in [-0.3, -0.25) is 4.79 Å². The van der Waals surface area contributed by atoms with Gasteiger partial charge in [0.05, 0.1) is 6.42 Å². The van der Waals surface area contributed by atoms with E-state index in [9.17, 15) is 4.79 Å². The first kappa shape index (κ1) is 18.7. The highest BCUT2D eigenvalue weighted by atomic mass is 16.4. The zero-order valence-electron chi connectivity index (χ0n) is 12.9. The van der Waals surface area contributed by atoms with E-state index in [1.807, 2.05) is 6.08 Å². The molecule has 0 saturated heterocycles. The van der Waals surface area contributed by atoms with Gasteiger partial charge in [0.2, 0.25) is 0 Å². The maximum atomic E-state index is 10.3. The number of allylic oxidation sites excluding steroid dienone is 5. The highest BCUT2D eigenvalue weighted by Gasteiger charge is 1.88. The molecule has 0 unspecified atom stereocenters. The van der Waals surface area contributed by atoms with Gasteiger partial charge in [0, 0.05) is 0 Å². The van der Waals surface area contributed by atoms with Crippen LogP contribution in [0.3, 0.4) is 0 Å². The van der Waals surface area contributed by atoms with E-state index in [1.54, 1.807) is 6.08 Å². The summed E-state index contributed by atoms with van der Waals surface area (Å²) < 4.78 is 0. The molecule has 0 atom stereocenters. The van der Waals surface area contributed by atoms with Gasteiger partial charge in [-0.15, -0.1) is 0 Å². The summed E-state index contributed by atoms with van der Waals surface area (Å²) in [5.41, 5.74) is 0. The van der Waals surface area contributed by atoms with Gasteiger partial charge in [0.25, 0.3) is 0 Å². The minimum absolute atomic E-state index is 0.142. The Morgan fingerprint density at radius 2 is 1.35 bits per heavy atom. The number of hydrogen-bond donors (Lipinski definition) is 1. The molecule has 0 fully saturated rings. The molecule has 0 rings (SSSR count). The topological polar surface area (TPSA) is 37.3 Å². The van der Waals surface area contributed by atoms with E-state index in [4.69, 9.17) is 5.11 Å². The molecule has 0 aromatic heterocycles. The Morgan fingerprint density at radius 3 is 1.90 bits per heavy atom. The summed E-state index contributed by atoms with van der Waals surface area (Å²) in [6.45, 7) is 2.24. The molecule has 2 nitrogen and oxygen atoms in total. The molecule has 0 amide bonds. The molecule has 0 spiro atoms. The number of carboxylic acids is 1. The number of hydrogen-bond acceptors (Lipinski definition) is 1. The van der Waals surface area contributed by atoms with Gasteiger partial charge < -0.3 is 5.11 Å². The van der Waals surface area contributed by atoms with Crippen LogP contribution in [0.1, 0.15) is 71.1 Å². The van der Waals surface area contributed by atoms with Crippen LogP contribution in [-0.2, 0) is 4.79 Å². The lowest BCUT2D eigenvalue weighted by molar-refractivity contribution is -0.136. The van der Waals surface area contributed by atoms with Crippen LogP contribution in [0.2, 0.25) is 0 Å². The lowest BCUT2D eigenvalue weighted by atomic mass is 10.1. The summed E-state index contributed by atoms with van der Waals surface area (Å²) in [6.07, 6.45) is 23.5. The third kappa shape index (κ3) is 16.7. The van der Waals surface area contributed by atoms with Crippen molar-refractivity contribution in [1.82, 2.24) is 0 Å². The molecule has 0 heterocycles. The number of carboxylic acid groups (broad SMARTS) is 1. The minimum Gasteiger partial charge on any atom is -0.481 e. The smallest absolute Gasteiger partial charge is 0.307 e. The van der Waals surface area contributed by atoms with Crippen molar-refractivity contribution in [2.75, 3.05) is 0 Å². The predicted octanol–water partition coefficient (Wildman–Crippen LogP) is 5.66. The third-order valence-electron chi connectivity index (χ3n) is 3.06. The van der Waals surface area contributed by atoms with E-state index < -0.39 is 5.97 Å². The van der Waals surface area contributed by atoms with Crippen molar-refractivity contribution >= 4 is 5.97 Å². The van der Waals surface area contributed by atoms with Crippen molar-refractivity contribution in [2.45, 2.75) is 71.1 Å². The third-order valence-corrected chi connectivity index (χ3v) is 3.06. The largest absolute Gasteiger partial charge is 0.481 e. The number of unbranched alkanes of at least 4 members (excludes halogenated alkanes) is 7. The molecule has 0 radical (unpaired) electrons. The normalized spacial score (nSPS) is 12.1. The maximum Gasteiger partial charge on any atom is 0.307 e. The molecule has 114 valence electrons. The predicted molar refractivity (Wildman–Crippen MR) is 86.9 cm³/mol. The summed E-state index contributed by atoms with van der Waals surface area (Å²) in [5.74, 6) is -0.759. The van der Waals surface area contributed by atoms with Gasteiger partial charge >= 0.3 is 5.97 Å². The first-order valence-corrected chi connectivity index (χ1v) is 7.95. The Labute approximate surface area is 124 Å². The van der Waals surface area contributed by atoms with Crippen molar-refractivity contribution < 1.29 is 9.90 Å². The molecule has 2 heteroatoms. The average molecular weight is 278 g/mol. The lowest BCUT2D eigenvalue weighted by Crippen LogP contribution is -1.89. The second-order valence-electron chi connectivity index (χ2n) is 5.06. The summed E-state index contributed by atoms with van der Waals surface area (Å²) in [7, 11) is 0. The van der Waals surface area contributed by atoms with Crippen LogP contribution in [0.25, 0.3) is 0 Å². The molecule has 0 aromatic carbocycles. The fourth-order valence-electron chi connectivity index (χ4n) is 1.86. The van der Waals surface area contributed by atoms with Crippen molar-refractivity contribution in [1.29, 1.82) is 0 Å².